The van der Waals surface area contributed by atoms with E-state index < -0.39 is 0 Å². The van der Waals surface area contributed by atoms with E-state index in [0.29, 0.717) is 17.9 Å². The second-order valence-electron chi connectivity index (χ2n) is 7.45. The van der Waals surface area contributed by atoms with Crippen molar-refractivity contribution in [1.29, 1.82) is 0 Å². The van der Waals surface area contributed by atoms with Crippen molar-refractivity contribution >= 4 is 29.2 Å². The molecule has 2 amide bonds. The van der Waals surface area contributed by atoms with Gasteiger partial charge in [0.25, 0.3) is 11.8 Å². The quantitative estimate of drug-likeness (QED) is 0.374. The minimum absolute atomic E-state index is 0.175. The number of aryl methyl sites for hydroxylation is 1. The average Bonchev–Trinajstić information content (AvgIpc) is 3.54. The van der Waals surface area contributed by atoms with Crippen molar-refractivity contribution in [2.24, 2.45) is 0 Å². The van der Waals surface area contributed by atoms with Crippen molar-refractivity contribution in [3.05, 3.63) is 106 Å². The van der Waals surface area contributed by atoms with Crippen molar-refractivity contribution < 1.29 is 14.3 Å². The van der Waals surface area contributed by atoms with Gasteiger partial charge in [-0.15, -0.1) is 11.3 Å². The van der Waals surface area contributed by atoms with Crippen molar-refractivity contribution in [3.63, 3.8) is 0 Å². The molecule has 0 saturated carbocycles. The molecule has 0 unspecified atom stereocenters. The lowest BCUT2D eigenvalue weighted by Crippen LogP contribution is -2.34. The zero-order chi connectivity index (χ0) is 23.9. The van der Waals surface area contributed by atoms with Crippen molar-refractivity contribution in [2.45, 2.75) is 13.5 Å². The number of imidazole rings is 1. The van der Waals surface area contributed by atoms with Gasteiger partial charge in [0.2, 0.25) is 0 Å². The molecule has 2 heterocycles. The number of benzene rings is 2. The van der Waals surface area contributed by atoms with Gasteiger partial charge in [0.15, 0.2) is 0 Å². The molecule has 2 aromatic carbocycles. The van der Waals surface area contributed by atoms with Crippen LogP contribution in [0, 0.1) is 6.92 Å². The maximum Gasteiger partial charge on any atom is 0.268 e. The number of amides is 2. The van der Waals surface area contributed by atoms with E-state index in [1.54, 1.807) is 43.6 Å². The number of nitrogens with zero attached hydrogens (tertiary/aromatic N) is 2. The molecule has 0 atom stereocenters. The first-order chi connectivity index (χ1) is 16.5. The van der Waals surface area contributed by atoms with Crippen LogP contribution in [0.2, 0.25) is 0 Å². The van der Waals surface area contributed by atoms with E-state index in [9.17, 15) is 9.59 Å². The molecule has 4 rings (SSSR count). The lowest BCUT2D eigenvalue weighted by atomic mass is 10.2. The Morgan fingerprint density at radius 3 is 2.47 bits per heavy atom. The Hall–Kier alpha value is -4.17. The number of ether oxygens (including phenoxy) is 1. The topological polar surface area (TPSA) is 85.2 Å². The predicted octanol–water partition coefficient (Wildman–Crippen LogP) is 4.34. The fourth-order valence-corrected chi connectivity index (χ4v) is 3.97. The van der Waals surface area contributed by atoms with E-state index in [1.807, 2.05) is 59.5 Å². The number of nitrogens with one attached hydrogen (secondary N) is 2. The maximum absolute atomic E-state index is 13.0. The lowest BCUT2D eigenvalue weighted by molar-refractivity contribution is -0.117. The van der Waals surface area contributed by atoms with Crippen LogP contribution in [0.5, 0.6) is 5.75 Å². The Morgan fingerprint density at radius 2 is 1.85 bits per heavy atom. The highest BCUT2D eigenvalue weighted by atomic mass is 32.1. The van der Waals surface area contributed by atoms with Gasteiger partial charge < -0.3 is 19.9 Å². The van der Waals surface area contributed by atoms with Crippen LogP contribution in [0.1, 0.15) is 26.6 Å². The summed E-state index contributed by atoms with van der Waals surface area (Å²) in [5.41, 5.74) is 2.53. The van der Waals surface area contributed by atoms with Gasteiger partial charge in [-0.1, -0.05) is 18.2 Å². The highest BCUT2D eigenvalue weighted by molar-refractivity contribution is 7.10. The van der Waals surface area contributed by atoms with Crippen LogP contribution >= 0.6 is 11.3 Å². The third-order valence-corrected chi connectivity index (χ3v) is 5.99. The Balaban J connectivity index is 1.45. The van der Waals surface area contributed by atoms with E-state index in [-0.39, 0.29) is 17.5 Å². The van der Waals surface area contributed by atoms with Crippen LogP contribution in [0.15, 0.2) is 84.1 Å². The number of methoxy groups -OCH3 is 1. The predicted molar refractivity (Wildman–Crippen MR) is 133 cm³/mol. The summed E-state index contributed by atoms with van der Waals surface area (Å²) in [6, 6.07) is 18.3. The van der Waals surface area contributed by atoms with Crippen LogP contribution in [-0.4, -0.2) is 28.5 Å². The summed E-state index contributed by atoms with van der Waals surface area (Å²) in [5.74, 6) is 0.806. The van der Waals surface area contributed by atoms with Gasteiger partial charge in [-0.2, -0.15) is 0 Å². The molecular formula is C26H24N4O3S. The molecule has 2 N–H and O–H groups in total. The normalized spacial score (nSPS) is 11.2. The molecule has 34 heavy (non-hydrogen) atoms. The van der Waals surface area contributed by atoms with E-state index >= 15 is 0 Å². The van der Waals surface area contributed by atoms with Crippen molar-refractivity contribution in [1.82, 2.24) is 20.2 Å². The molecule has 0 bridgehead atoms. The second-order valence-corrected chi connectivity index (χ2v) is 8.43. The summed E-state index contributed by atoms with van der Waals surface area (Å²) in [7, 11) is 1.56. The Labute approximate surface area is 201 Å². The van der Waals surface area contributed by atoms with Crippen molar-refractivity contribution in [2.75, 3.05) is 7.11 Å². The van der Waals surface area contributed by atoms with Gasteiger partial charge in [-0.3, -0.25) is 9.59 Å². The molecule has 8 heteroatoms. The van der Waals surface area contributed by atoms with Gasteiger partial charge >= 0.3 is 0 Å². The molecule has 0 saturated heterocycles. The molecule has 172 valence electrons. The first-order valence-electron chi connectivity index (χ1n) is 10.6. The zero-order valence-corrected chi connectivity index (χ0v) is 19.6. The first kappa shape index (κ1) is 23.0. The molecule has 0 radical (unpaired) electrons. The van der Waals surface area contributed by atoms with Crippen LogP contribution in [0.3, 0.4) is 0 Å². The summed E-state index contributed by atoms with van der Waals surface area (Å²) in [5, 5.41) is 7.55. The highest BCUT2D eigenvalue weighted by Gasteiger charge is 2.15. The average molecular weight is 473 g/mol. The summed E-state index contributed by atoms with van der Waals surface area (Å²) >= 11 is 1.48. The molecule has 0 aliphatic carbocycles. The summed E-state index contributed by atoms with van der Waals surface area (Å²) < 4.78 is 7.12. The summed E-state index contributed by atoms with van der Waals surface area (Å²) in [6.45, 7) is 2.26. The highest BCUT2D eigenvalue weighted by Crippen LogP contribution is 2.15. The Morgan fingerprint density at radius 1 is 1.09 bits per heavy atom. The largest absolute Gasteiger partial charge is 0.497 e. The fourth-order valence-electron chi connectivity index (χ4n) is 3.31. The molecule has 4 aromatic rings. The van der Waals surface area contributed by atoms with Crippen LogP contribution in [0.4, 0.5) is 0 Å². The van der Waals surface area contributed by atoms with Gasteiger partial charge in [0, 0.05) is 35.1 Å². The Bertz CT molecular complexity index is 1290. The summed E-state index contributed by atoms with van der Waals surface area (Å²) in [4.78, 5) is 30.8. The number of hydrogen-bond acceptors (Lipinski definition) is 5. The molecule has 2 aromatic heterocycles. The molecule has 0 aliphatic rings. The first-order valence-corrected chi connectivity index (χ1v) is 11.5. The molecule has 0 spiro atoms. The van der Waals surface area contributed by atoms with E-state index in [1.165, 1.54) is 11.3 Å². The number of aromatic nitrogens is 2. The zero-order valence-electron chi connectivity index (χ0n) is 18.8. The maximum atomic E-state index is 13.0. The molecule has 7 nitrogen and oxygen atoms in total. The molecular weight excluding hydrogens is 448 g/mol. The van der Waals surface area contributed by atoms with Gasteiger partial charge in [0.1, 0.15) is 17.3 Å². The van der Waals surface area contributed by atoms with Crippen LogP contribution < -0.4 is 15.4 Å². The molecule has 0 fully saturated rings. The molecule has 0 aliphatic heterocycles. The Kier molecular flexibility index (Phi) is 7.19. The number of rotatable bonds is 8. The number of thiophene rings is 1. The fraction of sp³-hybridized carbons (Fsp3) is 0.115. The van der Waals surface area contributed by atoms with Crippen LogP contribution in [-0.2, 0) is 11.3 Å². The monoisotopic (exact) mass is 472 g/mol. The SMILES string of the molecule is COc1ccc(C(=O)N/C(=C\c2cccs2)C(=O)NCc2ccc(-n3ccnc3C)cc2)cc1. The van der Waals surface area contributed by atoms with Crippen LogP contribution in [0.25, 0.3) is 11.8 Å². The van der Waals surface area contributed by atoms with E-state index in [4.69, 9.17) is 4.74 Å². The lowest BCUT2D eigenvalue weighted by Gasteiger charge is -2.12. The second kappa shape index (κ2) is 10.6. The minimum Gasteiger partial charge on any atom is -0.497 e. The smallest absolute Gasteiger partial charge is 0.268 e. The number of carbonyl (C=O) groups excluding carboxylic acids is 2. The third-order valence-electron chi connectivity index (χ3n) is 5.17. The third kappa shape index (κ3) is 5.60. The van der Waals surface area contributed by atoms with E-state index in [0.717, 1.165) is 22.0 Å². The standard InChI is InChI=1S/C26H24N4O3S/c1-18-27-13-14-30(18)21-9-5-19(6-10-21)17-28-26(32)24(16-23-4-3-15-34-23)29-25(31)20-7-11-22(33-2)12-8-20/h3-16H,17H2,1-2H3,(H,28,32)(H,29,31)/b24-16-. The van der Waals surface area contributed by atoms with Gasteiger partial charge in [-0.05, 0) is 66.4 Å². The van der Waals surface area contributed by atoms with Gasteiger partial charge in [-0.25, -0.2) is 4.98 Å². The van der Waals surface area contributed by atoms with Crippen molar-refractivity contribution in [3.8, 4) is 11.4 Å². The summed E-state index contributed by atoms with van der Waals surface area (Å²) in [6.07, 6.45) is 5.33. The van der Waals surface area contributed by atoms with E-state index in [2.05, 4.69) is 15.6 Å². The number of hydrogen-bond donors (Lipinski definition) is 2. The number of carbonyl (C=O) groups is 2. The minimum atomic E-state index is -0.374. The van der Waals surface area contributed by atoms with Gasteiger partial charge in [0.05, 0.1) is 7.11 Å².